The standard InChI is InChI=1S/C16H25NO2/c1-12(2)17-11-6-5-8-13(17)16-14(18-3)9-7-10-15(16)19-4/h7,9-10,12-13H,5-6,8,11H2,1-4H3/t13-/m0/s1. The van der Waals surface area contributed by atoms with Crippen LogP contribution in [0.1, 0.15) is 44.7 Å². The van der Waals surface area contributed by atoms with Crippen LogP contribution in [0.5, 0.6) is 11.5 Å². The third kappa shape index (κ3) is 2.86. The first-order valence-electron chi connectivity index (χ1n) is 7.15. The van der Waals surface area contributed by atoms with Crippen molar-refractivity contribution in [2.45, 2.75) is 45.2 Å². The van der Waals surface area contributed by atoms with Crippen LogP contribution in [0.3, 0.4) is 0 Å². The minimum Gasteiger partial charge on any atom is -0.496 e. The monoisotopic (exact) mass is 263 g/mol. The summed E-state index contributed by atoms with van der Waals surface area (Å²) < 4.78 is 11.1. The fourth-order valence-corrected chi connectivity index (χ4v) is 3.09. The van der Waals surface area contributed by atoms with Crippen LogP contribution in [0.25, 0.3) is 0 Å². The highest BCUT2D eigenvalue weighted by molar-refractivity contribution is 5.47. The van der Waals surface area contributed by atoms with Gasteiger partial charge in [-0.1, -0.05) is 12.5 Å². The quantitative estimate of drug-likeness (QED) is 0.828. The molecule has 1 heterocycles. The maximum absolute atomic E-state index is 5.56. The SMILES string of the molecule is COc1cccc(OC)c1[C@@H]1CCCCN1C(C)C. The molecule has 1 aromatic rings. The Balaban J connectivity index is 2.42. The third-order valence-corrected chi connectivity index (χ3v) is 4.01. The number of ether oxygens (including phenoxy) is 2. The molecule has 3 nitrogen and oxygen atoms in total. The lowest BCUT2D eigenvalue weighted by Gasteiger charge is -2.39. The Morgan fingerprint density at radius 2 is 1.74 bits per heavy atom. The summed E-state index contributed by atoms with van der Waals surface area (Å²) >= 11 is 0. The normalized spacial score (nSPS) is 20.6. The predicted molar refractivity (Wildman–Crippen MR) is 78.0 cm³/mol. The topological polar surface area (TPSA) is 21.7 Å². The Kier molecular flexibility index (Phi) is 4.70. The van der Waals surface area contributed by atoms with Gasteiger partial charge in [-0.15, -0.1) is 0 Å². The molecule has 3 heteroatoms. The summed E-state index contributed by atoms with van der Waals surface area (Å²) in [5.41, 5.74) is 1.21. The van der Waals surface area contributed by atoms with E-state index in [0.29, 0.717) is 12.1 Å². The summed E-state index contributed by atoms with van der Waals surface area (Å²) in [7, 11) is 3.47. The smallest absolute Gasteiger partial charge is 0.127 e. The van der Waals surface area contributed by atoms with E-state index in [-0.39, 0.29) is 0 Å². The number of nitrogens with zero attached hydrogens (tertiary/aromatic N) is 1. The zero-order chi connectivity index (χ0) is 13.8. The molecule has 0 bridgehead atoms. The second-order valence-electron chi connectivity index (χ2n) is 5.42. The molecule has 1 aliphatic rings. The first kappa shape index (κ1) is 14.2. The maximum Gasteiger partial charge on any atom is 0.127 e. The molecule has 0 radical (unpaired) electrons. The lowest BCUT2D eigenvalue weighted by molar-refractivity contribution is 0.108. The number of hydrogen-bond acceptors (Lipinski definition) is 3. The van der Waals surface area contributed by atoms with E-state index in [2.05, 4.69) is 18.7 Å². The van der Waals surface area contributed by atoms with E-state index in [4.69, 9.17) is 9.47 Å². The van der Waals surface area contributed by atoms with Crippen molar-refractivity contribution in [3.05, 3.63) is 23.8 Å². The molecule has 1 atom stereocenters. The first-order valence-corrected chi connectivity index (χ1v) is 7.15. The molecule has 0 unspecified atom stereocenters. The summed E-state index contributed by atoms with van der Waals surface area (Å²) in [6.07, 6.45) is 3.73. The van der Waals surface area contributed by atoms with Gasteiger partial charge in [-0.2, -0.15) is 0 Å². The molecule has 0 amide bonds. The predicted octanol–water partition coefficient (Wildman–Crippen LogP) is 3.64. The molecular weight excluding hydrogens is 238 g/mol. The summed E-state index contributed by atoms with van der Waals surface area (Å²) in [6.45, 7) is 5.68. The Morgan fingerprint density at radius 3 is 2.26 bits per heavy atom. The fraction of sp³-hybridized carbons (Fsp3) is 0.625. The molecule has 0 aliphatic carbocycles. The molecule has 0 aromatic heterocycles. The summed E-state index contributed by atoms with van der Waals surface area (Å²) in [5.74, 6) is 1.88. The molecule has 1 aromatic carbocycles. The van der Waals surface area contributed by atoms with E-state index in [1.54, 1.807) is 14.2 Å². The van der Waals surface area contributed by atoms with Crippen LogP contribution in [0, 0.1) is 0 Å². The van der Waals surface area contributed by atoms with Gasteiger partial charge in [0.15, 0.2) is 0 Å². The fourth-order valence-electron chi connectivity index (χ4n) is 3.09. The van der Waals surface area contributed by atoms with Crippen LogP contribution in [0.15, 0.2) is 18.2 Å². The van der Waals surface area contributed by atoms with Crippen molar-refractivity contribution in [3.63, 3.8) is 0 Å². The average Bonchev–Trinajstić information content (AvgIpc) is 2.46. The number of rotatable bonds is 4. The van der Waals surface area contributed by atoms with Gasteiger partial charge in [0.25, 0.3) is 0 Å². The Hall–Kier alpha value is -1.22. The first-order chi connectivity index (χ1) is 9.19. The third-order valence-electron chi connectivity index (χ3n) is 4.01. The van der Waals surface area contributed by atoms with E-state index in [1.807, 2.05) is 18.2 Å². The van der Waals surface area contributed by atoms with Gasteiger partial charge in [0.2, 0.25) is 0 Å². The van der Waals surface area contributed by atoms with Crippen molar-refractivity contribution in [1.29, 1.82) is 0 Å². The molecule has 0 N–H and O–H groups in total. The second kappa shape index (κ2) is 6.29. The van der Waals surface area contributed by atoms with E-state index in [9.17, 15) is 0 Å². The Morgan fingerprint density at radius 1 is 1.11 bits per heavy atom. The van der Waals surface area contributed by atoms with Gasteiger partial charge in [0.1, 0.15) is 11.5 Å². The second-order valence-corrected chi connectivity index (χ2v) is 5.42. The average molecular weight is 263 g/mol. The minimum atomic E-state index is 0.403. The Labute approximate surface area is 116 Å². The maximum atomic E-state index is 5.56. The van der Waals surface area contributed by atoms with Gasteiger partial charge in [-0.3, -0.25) is 4.90 Å². The summed E-state index contributed by atoms with van der Waals surface area (Å²) in [6, 6.07) is 7.00. The van der Waals surface area contributed by atoms with E-state index in [0.717, 1.165) is 18.0 Å². The molecule has 1 fully saturated rings. The van der Waals surface area contributed by atoms with E-state index in [1.165, 1.54) is 24.8 Å². The van der Waals surface area contributed by atoms with Crippen LogP contribution in [0.2, 0.25) is 0 Å². The molecule has 106 valence electrons. The van der Waals surface area contributed by atoms with Gasteiger partial charge < -0.3 is 9.47 Å². The zero-order valence-electron chi connectivity index (χ0n) is 12.5. The number of benzene rings is 1. The van der Waals surface area contributed by atoms with E-state index < -0.39 is 0 Å². The zero-order valence-corrected chi connectivity index (χ0v) is 12.5. The van der Waals surface area contributed by atoms with Crippen LogP contribution in [-0.4, -0.2) is 31.7 Å². The van der Waals surface area contributed by atoms with Gasteiger partial charge >= 0.3 is 0 Å². The highest BCUT2D eigenvalue weighted by atomic mass is 16.5. The molecule has 2 rings (SSSR count). The summed E-state index contributed by atoms with van der Waals surface area (Å²) in [5, 5.41) is 0. The lowest BCUT2D eigenvalue weighted by atomic mass is 9.92. The number of hydrogen-bond donors (Lipinski definition) is 0. The number of piperidine rings is 1. The molecule has 1 aliphatic heterocycles. The molecule has 1 saturated heterocycles. The molecular formula is C16H25NO2. The van der Waals surface area contributed by atoms with Crippen LogP contribution in [-0.2, 0) is 0 Å². The van der Waals surface area contributed by atoms with Crippen molar-refractivity contribution < 1.29 is 9.47 Å². The van der Waals surface area contributed by atoms with Gasteiger partial charge in [-0.25, -0.2) is 0 Å². The summed E-state index contributed by atoms with van der Waals surface area (Å²) in [4.78, 5) is 2.56. The van der Waals surface area contributed by atoms with Crippen molar-refractivity contribution >= 4 is 0 Å². The largest absolute Gasteiger partial charge is 0.496 e. The van der Waals surface area contributed by atoms with Gasteiger partial charge in [0, 0.05) is 12.1 Å². The van der Waals surface area contributed by atoms with Crippen LogP contribution in [0.4, 0.5) is 0 Å². The Bertz CT molecular complexity index is 395. The minimum absolute atomic E-state index is 0.403. The van der Waals surface area contributed by atoms with Crippen LogP contribution >= 0.6 is 0 Å². The van der Waals surface area contributed by atoms with Crippen molar-refractivity contribution in [1.82, 2.24) is 4.90 Å². The van der Waals surface area contributed by atoms with Crippen molar-refractivity contribution in [3.8, 4) is 11.5 Å². The number of likely N-dealkylation sites (tertiary alicyclic amines) is 1. The van der Waals surface area contributed by atoms with E-state index >= 15 is 0 Å². The molecule has 19 heavy (non-hydrogen) atoms. The molecule has 0 spiro atoms. The van der Waals surface area contributed by atoms with Crippen molar-refractivity contribution in [2.75, 3.05) is 20.8 Å². The lowest BCUT2D eigenvalue weighted by Crippen LogP contribution is -2.38. The van der Waals surface area contributed by atoms with Gasteiger partial charge in [0.05, 0.1) is 19.8 Å². The van der Waals surface area contributed by atoms with Gasteiger partial charge in [-0.05, 0) is 45.4 Å². The van der Waals surface area contributed by atoms with Crippen LogP contribution < -0.4 is 9.47 Å². The molecule has 0 saturated carbocycles. The van der Waals surface area contributed by atoms with Crippen molar-refractivity contribution in [2.24, 2.45) is 0 Å². The number of methoxy groups -OCH3 is 2. The highest BCUT2D eigenvalue weighted by Gasteiger charge is 2.30. The highest BCUT2D eigenvalue weighted by Crippen LogP contribution is 2.42.